The van der Waals surface area contributed by atoms with Gasteiger partial charge in [0.25, 0.3) is 0 Å². The summed E-state index contributed by atoms with van der Waals surface area (Å²) in [5.41, 5.74) is 5.15. The monoisotopic (exact) mass is 195 g/mol. The van der Waals surface area contributed by atoms with Gasteiger partial charge in [0.1, 0.15) is 6.10 Å². The molecule has 13 heavy (non-hydrogen) atoms. The Morgan fingerprint density at radius 3 is 2.31 bits per heavy atom. The van der Waals surface area contributed by atoms with E-state index in [1.54, 1.807) is 0 Å². The van der Waals surface area contributed by atoms with Crippen LogP contribution < -0.4 is 35.3 Å². The molecule has 1 saturated carbocycles. The smallest absolute Gasteiger partial charge is 1.00 e. The fourth-order valence-electron chi connectivity index (χ4n) is 1.59. The Morgan fingerprint density at radius 2 is 1.85 bits per heavy atom. The first-order valence-corrected chi connectivity index (χ1v) is 4.72. The Labute approximate surface area is 103 Å². The third kappa shape index (κ3) is 5.68. The second-order valence-corrected chi connectivity index (χ2v) is 3.31. The fourth-order valence-corrected chi connectivity index (χ4v) is 1.59. The number of hydrogen-bond acceptors (Lipinski definition) is 3. The van der Waals surface area contributed by atoms with Crippen LogP contribution in [0.15, 0.2) is 0 Å². The first kappa shape index (κ1) is 13.4. The molecule has 0 aromatic rings. The van der Waals surface area contributed by atoms with Gasteiger partial charge in [-0.25, -0.2) is 0 Å². The average Bonchev–Trinajstić information content (AvgIpc) is 2.33. The molecule has 1 aliphatic carbocycles. The molecule has 0 unspecified atom stereocenters. The maximum Gasteiger partial charge on any atom is 1.00 e. The van der Waals surface area contributed by atoms with Crippen LogP contribution in [-0.2, 0) is 9.53 Å². The van der Waals surface area contributed by atoms with E-state index in [1.165, 1.54) is 25.7 Å². The van der Waals surface area contributed by atoms with Crippen molar-refractivity contribution >= 4 is 5.97 Å². The summed E-state index contributed by atoms with van der Waals surface area (Å²) in [6.07, 6.45) is 7.10. The molecule has 0 atom stereocenters. The van der Waals surface area contributed by atoms with E-state index in [0.717, 1.165) is 12.8 Å². The number of carbonyl (C=O) groups excluding carboxylic acids is 1. The van der Waals surface area contributed by atoms with Crippen LogP contribution >= 0.6 is 0 Å². The molecule has 0 aromatic heterocycles. The molecular formula is C9H18NNaO2. The zero-order valence-corrected chi connectivity index (χ0v) is 10.4. The van der Waals surface area contributed by atoms with Crippen LogP contribution in [0.3, 0.4) is 0 Å². The zero-order chi connectivity index (χ0) is 8.81. The van der Waals surface area contributed by atoms with Crippen molar-refractivity contribution < 1.29 is 40.5 Å². The zero-order valence-electron chi connectivity index (χ0n) is 9.42. The maximum atomic E-state index is 10.8. The minimum Gasteiger partial charge on any atom is -1.00 e. The Balaban J connectivity index is 0. The standard InChI is InChI=1S/C9H17NO2.Na.H/c10-7-9(11)12-8-5-3-1-2-4-6-8;;/h8H,1-7,10H2;;/q;+1;-1. The van der Waals surface area contributed by atoms with Crippen molar-refractivity contribution in [3.8, 4) is 0 Å². The van der Waals surface area contributed by atoms with Gasteiger partial charge in [0.15, 0.2) is 0 Å². The Kier molecular flexibility index (Phi) is 8.06. The molecule has 1 fully saturated rings. The average molecular weight is 195 g/mol. The van der Waals surface area contributed by atoms with Crippen molar-refractivity contribution in [1.82, 2.24) is 0 Å². The second kappa shape index (κ2) is 7.80. The third-order valence-corrected chi connectivity index (χ3v) is 2.27. The molecule has 1 rings (SSSR count). The van der Waals surface area contributed by atoms with Crippen LogP contribution in [0.25, 0.3) is 0 Å². The van der Waals surface area contributed by atoms with E-state index >= 15 is 0 Å². The summed E-state index contributed by atoms with van der Waals surface area (Å²) < 4.78 is 5.16. The van der Waals surface area contributed by atoms with Gasteiger partial charge in [0.05, 0.1) is 6.54 Å². The summed E-state index contributed by atoms with van der Waals surface area (Å²) in [5, 5.41) is 0. The van der Waals surface area contributed by atoms with Gasteiger partial charge >= 0.3 is 35.5 Å². The molecule has 4 heteroatoms. The van der Waals surface area contributed by atoms with Crippen LogP contribution in [0, 0.1) is 0 Å². The van der Waals surface area contributed by atoms with Crippen LogP contribution in [0.1, 0.15) is 40.0 Å². The molecule has 2 N–H and O–H groups in total. The topological polar surface area (TPSA) is 52.3 Å². The Hall–Kier alpha value is 0.430. The molecular weight excluding hydrogens is 177 g/mol. The second-order valence-electron chi connectivity index (χ2n) is 3.31. The number of hydrogen-bond donors (Lipinski definition) is 1. The van der Waals surface area contributed by atoms with Gasteiger partial charge in [-0.3, -0.25) is 4.79 Å². The van der Waals surface area contributed by atoms with Crippen LogP contribution in [0.5, 0.6) is 0 Å². The predicted octanol–water partition coefficient (Wildman–Crippen LogP) is -1.67. The molecule has 0 amide bonds. The molecule has 0 saturated heterocycles. The molecule has 0 aromatic carbocycles. The SMILES string of the molecule is NCC(=O)OC1CCCCCC1.[H-].[Na+]. The molecule has 72 valence electrons. The minimum atomic E-state index is -0.262. The molecule has 3 nitrogen and oxygen atoms in total. The van der Waals surface area contributed by atoms with E-state index in [2.05, 4.69) is 0 Å². The van der Waals surface area contributed by atoms with Crippen LogP contribution in [0.4, 0.5) is 0 Å². The Morgan fingerprint density at radius 1 is 1.31 bits per heavy atom. The van der Waals surface area contributed by atoms with Crippen molar-refractivity contribution in [2.24, 2.45) is 5.73 Å². The maximum absolute atomic E-state index is 10.8. The van der Waals surface area contributed by atoms with Gasteiger partial charge in [-0.2, -0.15) is 0 Å². The summed E-state index contributed by atoms with van der Waals surface area (Å²) in [6, 6.07) is 0. The van der Waals surface area contributed by atoms with E-state index in [9.17, 15) is 4.79 Å². The molecule has 0 aliphatic heterocycles. The molecule has 0 heterocycles. The number of nitrogens with two attached hydrogens (primary N) is 1. The minimum absolute atomic E-state index is 0. The number of rotatable bonds is 2. The van der Waals surface area contributed by atoms with E-state index < -0.39 is 0 Å². The summed E-state index contributed by atoms with van der Waals surface area (Å²) in [6.45, 7) is 0.0104. The van der Waals surface area contributed by atoms with Gasteiger partial charge in [0, 0.05) is 0 Å². The predicted molar refractivity (Wildman–Crippen MR) is 47.7 cm³/mol. The van der Waals surface area contributed by atoms with Crippen LogP contribution in [0.2, 0.25) is 0 Å². The van der Waals surface area contributed by atoms with E-state index in [0.29, 0.717) is 0 Å². The van der Waals surface area contributed by atoms with Crippen molar-refractivity contribution in [1.29, 1.82) is 0 Å². The molecule has 0 spiro atoms. The van der Waals surface area contributed by atoms with Crippen molar-refractivity contribution in [2.75, 3.05) is 6.54 Å². The van der Waals surface area contributed by atoms with Gasteiger partial charge in [-0.05, 0) is 25.7 Å². The molecule has 1 aliphatic rings. The van der Waals surface area contributed by atoms with Crippen molar-refractivity contribution in [2.45, 2.75) is 44.6 Å². The first-order chi connectivity index (χ1) is 5.83. The Bertz CT molecular complexity index is 150. The van der Waals surface area contributed by atoms with Gasteiger partial charge < -0.3 is 11.9 Å². The summed E-state index contributed by atoms with van der Waals surface area (Å²) in [5.74, 6) is -0.262. The van der Waals surface area contributed by atoms with Crippen molar-refractivity contribution in [3.63, 3.8) is 0 Å². The normalized spacial score (nSPS) is 18.5. The summed E-state index contributed by atoms with van der Waals surface area (Å²) >= 11 is 0. The first-order valence-electron chi connectivity index (χ1n) is 4.72. The summed E-state index contributed by atoms with van der Waals surface area (Å²) in [7, 11) is 0. The van der Waals surface area contributed by atoms with Crippen molar-refractivity contribution in [3.05, 3.63) is 0 Å². The molecule has 0 radical (unpaired) electrons. The van der Waals surface area contributed by atoms with E-state index in [4.69, 9.17) is 10.5 Å². The quantitative estimate of drug-likeness (QED) is 0.325. The van der Waals surface area contributed by atoms with E-state index in [-0.39, 0.29) is 49.6 Å². The number of carbonyl (C=O) groups is 1. The van der Waals surface area contributed by atoms with Gasteiger partial charge in [0.2, 0.25) is 0 Å². The largest absolute Gasteiger partial charge is 1.00 e. The summed E-state index contributed by atoms with van der Waals surface area (Å²) in [4.78, 5) is 10.8. The van der Waals surface area contributed by atoms with Gasteiger partial charge in [-0.15, -0.1) is 0 Å². The number of esters is 1. The van der Waals surface area contributed by atoms with E-state index in [1.807, 2.05) is 0 Å². The fraction of sp³-hybridized carbons (Fsp3) is 0.889. The number of ether oxygens (including phenoxy) is 1. The van der Waals surface area contributed by atoms with Crippen LogP contribution in [-0.4, -0.2) is 18.6 Å². The van der Waals surface area contributed by atoms with Gasteiger partial charge in [-0.1, -0.05) is 12.8 Å². The third-order valence-electron chi connectivity index (χ3n) is 2.27. The molecule has 0 bridgehead atoms.